The molecule has 7 heteroatoms. The molecular formula is C12H15ClFNO3S. The summed E-state index contributed by atoms with van der Waals surface area (Å²) in [6, 6.07) is 3.00. The van der Waals surface area contributed by atoms with Crippen LogP contribution in [0.2, 0.25) is 0 Å². The number of amides is 1. The molecule has 0 heterocycles. The third kappa shape index (κ3) is 4.18. The van der Waals surface area contributed by atoms with Crippen LogP contribution in [0.5, 0.6) is 0 Å². The second-order valence-corrected chi connectivity index (χ2v) is 6.73. The molecule has 0 atom stereocenters. The first-order valence-electron chi connectivity index (χ1n) is 5.77. The first kappa shape index (κ1) is 15.9. The number of carbonyl (C=O) groups is 1. The molecule has 0 saturated heterocycles. The predicted molar refractivity (Wildman–Crippen MR) is 71.3 cm³/mol. The molecular weight excluding hydrogens is 293 g/mol. The Morgan fingerprint density at radius 1 is 1.42 bits per heavy atom. The number of halogens is 2. The lowest BCUT2D eigenvalue weighted by molar-refractivity contribution is 0.0788. The molecule has 0 saturated carbocycles. The highest BCUT2D eigenvalue weighted by molar-refractivity contribution is 8.13. The van der Waals surface area contributed by atoms with Gasteiger partial charge in [0, 0.05) is 24.3 Å². The molecule has 0 aliphatic carbocycles. The van der Waals surface area contributed by atoms with Crippen molar-refractivity contribution in [3.05, 3.63) is 29.6 Å². The van der Waals surface area contributed by atoms with Crippen molar-refractivity contribution in [2.75, 3.05) is 13.6 Å². The van der Waals surface area contributed by atoms with Crippen molar-refractivity contribution in [3.8, 4) is 0 Å². The van der Waals surface area contributed by atoms with Crippen molar-refractivity contribution in [3.63, 3.8) is 0 Å². The number of nitrogens with zero attached hydrogens (tertiary/aromatic N) is 1. The van der Waals surface area contributed by atoms with E-state index in [9.17, 15) is 17.6 Å². The molecule has 1 amide bonds. The Hall–Kier alpha value is -1.14. The van der Waals surface area contributed by atoms with E-state index in [4.69, 9.17) is 10.7 Å². The monoisotopic (exact) mass is 307 g/mol. The fourth-order valence-corrected chi connectivity index (χ4v) is 2.29. The molecule has 0 spiro atoms. The molecule has 0 bridgehead atoms. The Bertz CT molecular complexity index is 574. The third-order valence-electron chi connectivity index (χ3n) is 2.65. The second kappa shape index (κ2) is 6.34. The molecule has 0 radical (unpaired) electrons. The van der Waals surface area contributed by atoms with Crippen molar-refractivity contribution in [1.29, 1.82) is 0 Å². The van der Waals surface area contributed by atoms with Crippen LogP contribution in [0.4, 0.5) is 4.39 Å². The molecule has 4 nitrogen and oxygen atoms in total. The van der Waals surface area contributed by atoms with Gasteiger partial charge in [0.15, 0.2) is 0 Å². The van der Waals surface area contributed by atoms with E-state index in [2.05, 4.69) is 0 Å². The van der Waals surface area contributed by atoms with Gasteiger partial charge in [-0.05, 0) is 24.6 Å². The highest BCUT2D eigenvalue weighted by Gasteiger charge is 2.19. The maximum absolute atomic E-state index is 13.7. The van der Waals surface area contributed by atoms with E-state index >= 15 is 0 Å². The van der Waals surface area contributed by atoms with Crippen molar-refractivity contribution in [2.45, 2.75) is 24.7 Å². The van der Waals surface area contributed by atoms with Crippen molar-refractivity contribution >= 4 is 25.6 Å². The molecule has 0 aromatic heterocycles. The van der Waals surface area contributed by atoms with E-state index < -0.39 is 20.8 Å². The van der Waals surface area contributed by atoms with Gasteiger partial charge in [-0.25, -0.2) is 12.8 Å². The van der Waals surface area contributed by atoms with E-state index in [1.54, 1.807) is 7.05 Å². The van der Waals surface area contributed by atoms with E-state index in [-0.39, 0.29) is 10.5 Å². The molecule has 0 N–H and O–H groups in total. The van der Waals surface area contributed by atoms with Crippen LogP contribution in [0.3, 0.4) is 0 Å². The zero-order valence-corrected chi connectivity index (χ0v) is 12.3. The standard InChI is InChI=1S/C12H15ClFNO3S/c1-3-4-7-15(2)12(16)10-6-5-9(8-11(10)14)19(13,17)18/h5-6,8H,3-4,7H2,1-2H3. The first-order chi connectivity index (χ1) is 8.77. The smallest absolute Gasteiger partial charge is 0.261 e. The van der Waals surface area contributed by atoms with Gasteiger partial charge in [0.2, 0.25) is 0 Å². The summed E-state index contributed by atoms with van der Waals surface area (Å²) in [5.74, 6) is -1.38. The van der Waals surface area contributed by atoms with Crippen LogP contribution in [-0.4, -0.2) is 32.8 Å². The maximum Gasteiger partial charge on any atom is 0.261 e. The minimum atomic E-state index is -3.99. The van der Waals surface area contributed by atoms with Crippen molar-refractivity contribution in [1.82, 2.24) is 4.90 Å². The molecule has 0 unspecified atom stereocenters. The molecule has 1 aromatic carbocycles. The SMILES string of the molecule is CCCCN(C)C(=O)c1ccc(S(=O)(=O)Cl)cc1F. The number of unbranched alkanes of at least 4 members (excludes halogenated alkanes) is 1. The Morgan fingerprint density at radius 2 is 2.05 bits per heavy atom. The van der Waals surface area contributed by atoms with Crippen molar-refractivity contribution < 1.29 is 17.6 Å². The summed E-state index contributed by atoms with van der Waals surface area (Å²) in [6.07, 6.45) is 1.74. The minimum absolute atomic E-state index is 0.164. The van der Waals surface area contributed by atoms with Gasteiger partial charge < -0.3 is 4.90 Å². The summed E-state index contributed by atoms with van der Waals surface area (Å²) in [4.78, 5) is 13.0. The minimum Gasteiger partial charge on any atom is -0.342 e. The maximum atomic E-state index is 13.7. The van der Waals surface area contributed by atoms with Crippen LogP contribution < -0.4 is 0 Å². The number of carbonyl (C=O) groups excluding carboxylic acids is 1. The van der Waals surface area contributed by atoms with Gasteiger partial charge >= 0.3 is 0 Å². The van der Waals surface area contributed by atoms with Crippen molar-refractivity contribution in [2.24, 2.45) is 0 Å². The number of hydrogen-bond acceptors (Lipinski definition) is 3. The quantitative estimate of drug-likeness (QED) is 0.786. The largest absolute Gasteiger partial charge is 0.342 e. The van der Waals surface area contributed by atoms with E-state index in [0.717, 1.165) is 31.0 Å². The van der Waals surface area contributed by atoms with Gasteiger partial charge in [0.05, 0.1) is 10.5 Å². The molecule has 1 aromatic rings. The Balaban J connectivity index is 3.00. The molecule has 1 rings (SSSR count). The van der Waals surface area contributed by atoms with Crippen LogP contribution in [0.1, 0.15) is 30.1 Å². The Labute approximate surface area is 116 Å². The van der Waals surface area contributed by atoms with Crippen LogP contribution in [0.15, 0.2) is 23.1 Å². The molecule has 19 heavy (non-hydrogen) atoms. The molecule has 0 fully saturated rings. The molecule has 0 aliphatic heterocycles. The van der Waals surface area contributed by atoms with Gasteiger partial charge in [0.1, 0.15) is 5.82 Å². The van der Waals surface area contributed by atoms with Gasteiger partial charge in [-0.2, -0.15) is 0 Å². The predicted octanol–water partition coefficient (Wildman–Crippen LogP) is 2.63. The Morgan fingerprint density at radius 3 is 2.53 bits per heavy atom. The summed E-state index contributed by atoms with van der Waals surface area (Å²) in [7, 11) is 2.68. The van der Waals surface area contributed by atoms with Crippen LogP contribution in [-0.2, 0) is 9.05 Å². The summed E-state index contributed by atoms with van der Waals surface area (Å²) in [5.41, 5.74) is -0.164. The van der Waals surface area contributed by atoms with E-state index in [1.165, 1.54) is 4.90 Å². The fraction of sp³-hybridized carbons (Fsp3) is 0.417. The lowest BCUT2D eigenvalue weighted by Crippen LogP contribution is -2.28. The fourth-order valence-electron chi connectivity index (χ4n) is 1.52. The second-order valence-electron chi connectivity index (χ2n) is 4.16. The van der Waals surface area contributed by atoms with E-state index in [1.807, 2.05) is 6.92 Å². The summed E-state index contributed by atoms with van der Waals surface area (Å²) in [6.45, 7) is 2.50. The summed E-state index contributed by atoms with van der Waals surface area (Å²) < 4.78 is 35.8. The van der Waals surface area contributed by atoms with Gasteiger partial charge in [-0.1, -0.05) is 13.3 Å². The van der Waals surface area contributed by atoms with Crippen LogP contribution in [0.25, 0.3) is 0 Å². The zero-order chi connectivity index (χ0) is 14.6. The van der Waals surface area contributed by atoms with E-state index in [0.29, 0.717) is 6.54 Å². The summed E-state index contributed by atoms with van der Waals surface area (Å²) >= 11 is 0. The zero-order valence-electron chi connectivity index (χ0n) is 10.7. The lowest BCUT2D eigenvalue weighted by atomic mass is 10.2. The third-order valence-corrected chi connectivity index (χ3v) is 4.00. The van der Waals surface area contributed by atoms with Gasteiger partial charge in [0.25, 0.3) is 15.0 Å². The van der Waals surface area contributed by atoms with Crippen LogP contribution in [0, 0.1) is 5.82 Å². The van der Waals surface area contributed by atoms with Gasteiger partial charge in [-0.15, -0.1) is 0 Å². The van der Waals surface area contributed by atoms with Gasteiger partial charge in [-0.3, -0.25) is 4.79 Å². The first-order valence-corrected chi connectivity index (χ1v) is 8.08. The lowest BCUT2D eigenvalue weighted by Gasteiger charge is -2.17. The average molecular weight is 308 g/mol. The molecule has 0 aliphatic rings. The normalized spacial score (nSPS) is 11.4. The summed E-state index contributed by atoms with van der Waals surface area (Å²) in [5, 5.41) is 0. The average Bonchev–Trinajstić information content (AvgIpc) is 2.33. The number of hydrogen-bond donors (Lipinski definition) is 0. The topological polar surface area (TPSA) is 54.5 Å². The number of rotatable bonds is 5. The highest BCUT2D eigenvalue weighted by atomic mass is 35.7. The Kier molecular flexibility index (Phi) is 5.31. The highest BCUT2D eigenvalue weighted by Crippen LogP contribution is 2.19. The number of benzene rings is 1. The van der Waals surface area contributed by atoms with Crippen LogP contribution >= 0.6 is 10.7 Å². The molecule has 106 valence electrons.